The summed E-state index contributed by atoms with van der Waals surface area (Å²) in [7, 11) is 0. The van der Waals surface area contributed by atoms with Crippen molar-refractivity contribution in [3.63, 3.8) is 0 Å². The Morgan fingerprint density at radius 2 is 1.88 bits per heavy atom. The number of amides is 1. The van der Waals surface area contributed by atoms with E-state index in [1.54, 1.807) is 12.1 Å². The van der Waals surface area contributed by atoms with E-state index in [0.717, 1.165) is 25.0 Å². The molecule has 0 radical (unpaired) electrons. The number of imidazole rings is 1. The van der Waals surface area contributed by atoms with Gasteiger partial charge in [-0.15, -0.1) is 0 Å². The smallest absolute Gasteiger partial charge is 0.352 e. The van der Waals surface area contributed by atoms with Crippen LogP contribution in [0.4, 0.5) is 17.6 Å². The van der Waals surface area contributed by atoms with Crippen molar-refractivity contribution in [3.05, 3.63) is 72.3 Å². The number of pyridine rings is 1. The van der Waals surface area contributed by atoms with Crippen LogP contribution in [0.1, 0.15) is 29.0 Å². The number of alkyl halides is 3. The Morgan fingerprint density at radius 1 is 1.12 bits per heavy atom. The van der Waals surface area contributed by atoms with E-state index in [-0.39, 0.29) is 28.4 Å². The normalized spacial score (nSPS) is 13.8. The summed E-state index contributed by atoms with van der Waals surface area (Å²) in [6.45, 7) is 0.627. The van der Waals surface area contributed by atoms with Gasteiger partial charge in [0.05, 0.1) is 16.8 Å². The Kier molecular flexibility index (Phi) is 5.39. The number of halogens is 4. The van der Waals surface area contributed by atoms with Gasteiger partial charge in [0.2, 0.25) is 5.76 Å². The third-order valence-corrected chi connectivity index (χ3v) is 5.43. The second kappa shape index (κ2) is 8.40. The van der Waals surface area contributed by atoms with Gasteiger partial charge >= 0.3 is 6.18 Å². The molecule has 3 heterocycles. The molecule has 0 unspecified atom stereocenters. The van der Waals surface area contributed by atoms with E-state index in [1.807, 2.05) is 0 Å². The lowest BCUT2D eigenvalue weighted by atomic mass is 10.0. The number of carbonyl (C=O) groups is 1. The Morgan fingerprint density at radius 3 is 2.53 bits per heavy atom. The van der Waals surface area contributed by atoms with E-state index in [2.05, 4.69) is 25.0 Å². The molecule has 0 saturated heterocycles. The minimum atomic E-state index is -4.82. The predicted molar refractivity (Wildman–Crippen MR) is 112 cm³/mol. The summed E-state index contributed by atoms with van der Waals surface area (Å²) in [6, 6.07) is 7.99. The number of hydrogen-bond acceptors (Lipinski definition) is 5. The molecule has 1 aromatic carbocycles. The molecule has 7 nitrogen and oxygen atoms in total. The number of hydrogen-bond donors (Lipinski definition) is 1. The predicted octanol–water partition coefficient (Wildman–Crippen LogP) is 4.89. The zero-order valence-electron chi connectivity index (χ0n) is 17.5. The first-order valence-electron chi connectivity index (χ1n) is 10.4. The molecule has 0 bridgehead atoms. The van der Waals surface area contributed by atoms with Crippen molar-refractivity contribution in [2.75, 3.05) is 6.54 Å². The molecule has 174 valence electrons. The van der Waals surface area contributed by atoms with Crippen LogP contribution in [0.5, 0.6) is 0 Å². The van der Waals surface area contributed by atoms with E-state index in [1.165, 1.54) is 35.4 Å². The topological polar surface area (TPSA) is 85.8 Å². The number of aromatic nitrogens is 4. The van der Waals surface area contributed by atoms with Crippen molar-refractivity contribution in [2.45, 2.75) is 19.0 Å². The van der Waals surface area contributed by atoms with Gasteiger partial charge in [-0.3, -0.25) is 9.36 Å². The highest BCUT2D eigenvalue weighted by Crippen LogP contribution is 2.42. The van der Waals surface area contributed by atoms with Crippen molar-refractivity contribution in [2.24, 2.45) is 5.92 Å². The minimum Gasteiger partial charge on any atom is -0.352 e. The zero-order valence-corrected chi connectivity index (χ0v) is 17.5. The molecule has 1 fully saturated rings. The van der Waals surface area contributed by atoms with Gasteiger partial charge < -0.3 is 9.84 Å². The summed E-state index contributed by atoms with van der Waals surface area (Å²) in [5.41, 5.74) is 0.0784. The van der Waals surface area contributed by atoms with E-state index in [9.17, 15) is 22.4 Å². The SMILES string of the molecule is O=C(NCC1CC1)c1ccc(-n2cnc(-c3c(-c4ccc(F)cc4)noc3C(F)(F)F)c2)nc1. The maximum absolute atomic E-state index is 13.6. The highest BCUT2D eigenvalue weighted by Gasteiger charge is 2.41. The molecule has 0 aliphatic heterocycles. The molecule has 3 aromatic heterocycles. The second-order valence-corrected chi connectivity index (χ2v) is 7.96. The third kappa shape index (κ3) is 4.41. The number of nitrogens with zero attached hydrogens (tertiary/aromatic N) is 4. The fourth-order valence-corrected chi connectivity index (χ4v) is 3.44. The van der Waals surface area contributed by atoms with E-state index < -0.39 is 17.8 Å². The molecule has 11 heteroatoms. The van der Waals surface area contributed by atoms with Crippen molar-refractivity contribution >= 4 is 5.91 Å². The standard InChI is InChI=1S/C23H17F4N5O2/c24-16-6-3-14(4-7-16)20-19(21(34-31-20)23(25,26)27)17-11-32(12-30-17)18-8-5-15(10-28-18)22(33)29-9-13-1-2-13/h3-8,10-13H,1-2,9H2,(H,29,33). The van der Waals surface area contributed by atoms with Gasteiger partial charge in [0, 0.05) is 24.5 Å². The van der Waals surface area contributed by atoms with E-state index >= 15 is 0 Å². The zero-order chi connectivity index (χ0) is 23.9. The van der Waals surface area contributed by atoms with Crippen molar-refractivity contribution < 1.29 is 26.9 Å². The molecule has 5 rings (SSSR count). The van der Waals surface area contributed by atoms with E-state index in [0.29, 0.717) is 23.8 Å². The summed E-state index contributed by atoms with van der Waals surface area (Å²) in [6.07, 6.45) is 1.45. The largest absolute Gasteiger partial charge is 0.453 e. The number of carbonyl (C=O) groups excluding carboxylic acids is 1. The van der Waals surface area contributed by atoms with E-state index in [4.69, 9.17) is 0 Å². The second-order valence-electron chi connectivity index (χ2n) is 7.96. The molecule has 1 amide bonds. The first kappa shape index (κ1) is 21.8. The van der Waals surface area contributed by atoms with Crippen LogP contribution >= 0.6 is 0 Å². The summed E-state index contributed by atoms with van der Waals surface area (Å²) >= 11 is 0. The Labute approximate surface area is 190 Å². The lowest BCUT2D eigenvalue weighted by Gasteiger charge is -2.06. The number of nitrogens with one attached hydrogen (secondary N) is 1. The van der Waals surface area contributed by atoms with Gasteiger partial charge in [-0.2, -0.15) is 13.2 Å². The molecular weight excluding hydrogens is 454 g/mol. The molecule has 1 aliphatic rings. The molecule has 0 spiro atoms. The van der Waals surface area contributed by atoms with Gasteiger partial charge in [0.15, 0.2) is 0 Å². The summed E-state index contributed by atoms with van der Waals surface area (Å²) in [5, 5.41) is 6.42. The van der Waals surface area contributed by atoms with Crippen LogP contribution in [0.3, 0.4) is 0 Å². The van der Waals surface area contributed by atoms with Crippen molar-refractivity contribution in [3.8, 4) is 28.3 Å². The van der Waals surface area contributed by atoms with Crippen LogP contribution in [0.15, 0.2) is 59.6 Å². The Bertz CT molecular complexity index is 1320. The quantitative estimate of drug-likeness (QED) is 0.405. The molecule has 1 saturated carbocycles. The monoisotopic (exact) mass is 471 g/mol. The maximum Gasteiger partial charge on any atom is 0.453 e. The average molecular weight is 471 g/mol. The Hall–Kier alpha value is -4.02. The molecular formula is C23H17F4N5O2. The van der Waals surface area contributed by atoms with Crippen LogP contribution in [0.25, 0.3) is 28.3 Å². The van der Waals surface area contributed by atoms with Crippen molar-refractivity contribution in [1.29, 1.82) is 0 Å². The van der Waals surface area contributed by atoms with Crippen LogP contribution < -0.4 is 5.32 Å². The fraction of sp³-hybridized carbons (Fsp3) is 0.217. The highest BCUT2D eigenvalue weighted by atomic mass is 19.4. The number of benzene rings is 1. The van der Waals surface area contributed by atoms with Crippen molar-refractivity contribution in [1.82, 2.24) is 25.0 Å². The molecule has 34 heavy (non-hydrogen) atoms. The van der Waals surface area contributed by atoms with Crippen LogP contribution in [0, 0.1) is 11.7 Å². The lowest BCUT2D eigenvalue weighted by molar-refractivity contribution is -0.154. The Balaban J connectivity index is 1.45. The molecule has 0 atom stereocenters. The molecule has 4 aromatic rings. The summed E-state index contributed by atoms with van der Waals surface area (Å²) < 4.78 is 60.2. The van der Waals surface area contributed by atoms with Crippen LogP contribution in [-0.4, -0.2) is 32.1 Å². The fourth-order valence-electron chi connectivity index (χ4n) is 3.44. The maximum atomic E-state index is 13.6. The minimum absolute atomic E-state index is 0.0547. The van der Waals surface area contributed by atoms with Gasteiger partial charge in [-0.05, 0) is 55.2 Å². The summed E-state index contributed by atoms with van der Waals surface area (Å²) in [5.74, 6) is -1.19. The highest BCUT2D eigenvalue weighted by molar-refractivity contribution is 5.94. The average Bonchev–Trinajstić information content (AvgIpc) is 3.32. The molecule has 1 aliphatic carbocycles. The number of rotatable bonds is 6. The van der Waals surface area contributed by atoms with Crippen LogP contribution in [0.2, 0.25) is 0 Å². The first-order chi connectivity index (χ1) is 16.3. The first-order valence-corrected chi connectivity index (χ1v) is 10.4. The van der Waals surface area contributed by atoms with Gasteiger partial charge in [0.1, 0.15) is 23.7 Å². The lowest BCUT2D eigenvalue weighted by Crippen LogP contribution is -2.25. The summed E-state index contributed by atoms with van der Waals surface area (Å²) in [4.78, 5) is 20.5. The van der Waals surface area contributed by atoms with Gasteiger partial charge in [-0.25, -0.2) is 14.4 Å². The van der Waals surface area contributed by atoms with Gasteiger partial charge in [0.25, 0.3) is 5.91 Å². The molecule has 1 N–H and O–H groups in total. The third-order valence-electron chi connectivity index (χ3n) is 5.43. The van der Waals surface area contributed by atoms with Gasteiger partial charge in [-0.1, -0.05) is 5.16 Å². The van der Waals surface area contributed by atoms with Crippen LogP contribution in [-0.2, 0) is 6.18 Å².